The molecule has 5 heteroatoms. The van der Waals surface area contributed by atoms with E-state index in [4.69, 9.17) is 5.73 Å². The van der Waals surface area contributed by atoms with Gasteiger partial charge in [-0.25, -0.2) is 9.97 Å². The van der Waals surface area contributed by atoms with Gasteiger partial charge in [-0.05, 0) is 5.56 Å². The SMILES string of the molecule is Nc1nccn1C(c1ccccc1)c1c[nH]cn1. The average molecular weight is 239 g/mol. The smallest absolute Gasteiger partial charge is 0.201 e. The summed E-state index contributed by atoms with van der Waals surface area (Å²) in [4.78, 5) is 11.4. The summed E-state index contributed by atoms with van der Waals surface area (Å²) in [6.07, 6.45) is 7.09. The number of anilines is 1. The summed E-state index contributed by atoms with van der Waals surface area (Å²) >= 11 is 0. The normalized spacial score (nSPS) is 12.4. The minimum atomic E-state index is -0.0556. The monoisotopic (exact) mass is 239 g/mol. The van der Waals surface area contributed by atoms with Crippen LogP contribution in [0, 0.1) is 0 Å². The molecule has 0 saturated heterocycles. The van der Waals surface area contributed by atoms with Crippen molar-refractivity contribution in [3.05, 3.63) is 66.5 Å². The number of aromatic nitrogens is 4. The molecule has 18 heavy (non-hydrogen) atoms. The molecule has 0 aliphatic carbocycles. The Morgan fingerprint density at radius 1 is 1.17 bits per heavy atom. The molecular weight excluding hydrogens is 226 g/mol. The molecule has 90 valence electrons. The fourth-order valence-corrected chi connectivity index (χ4v) is 2.07. The Morgan fingerprint density at radius 2 is 2.00 bits per heavy atom. The minimum Gasteiger partial charge on any atom is -0.369 e. The van der Waals surface area contributed by atoms with Crippen LogP contribution < -0.4 is 5.73 Å². The van der Waals surface area contributed by atoms with Gasteiger partial charge in [0.05, 0.1) is 12.0 Å². The van der Waals surface area contributed by atoms with Crippen LogP contribution in [0.5, 0.6) is 0 Å². The minimum absolute atomic E-state index is 0.0556. The molecule has 5 nitrogen and oxygen atoms in total. The van der Waals surface area contributed by atoms with Crippen molar-refractivity contribution >= 4 is 5.95 Å². The van der Waals surface area contributed by atoms with E-state index in [0.29, 0.717) is 5.95 Å². The van der Waals surface area contributed by atoms with Gasteiger partial charge in [0.1, 0.15) is 6.04 Å². The standard InChI is InChI=1S/C13H13N5/c14-13-16-6-7-18(13)12(11-8-15-9-17-11)10-4-2-1-3-5-10/h1-9,12H,(H2,14,16)(H,15,17). The van der Waals surface area contributed by atoms with Gasteiger partial charge in [0.2, 0.25) is 5.95 Å². The number of hydrogen-bond donors (Lipinski definition) is 2. The molecule has 1 unspecified atom stereocenters. The Morgan fingerprint density at radius 3 is 2.61 bits per heavy atom. The number of hydrogen-bond acceptors (Lipinski definition) is 3. The van der Waals surface area contributed by atoms with Gasteiger partial charge in [0, 0.05) is 18.6 Å². The highest BCUT2D eigenvalue weighted by Crippen LogP contribution is 2.26. The quantitative estimate of drug-likeness (QED) is 0.732. The Hall–Kier alpha value is -2.56. The number of H-pyrrole nitrogens is 1. The molecule has 0 saturated carbocycles. The zero-order chi connectivity index (χ0) is 12.4. The van der Waals surface area contributed by atoms with Gasteiger partial charge >= 0.3 is 0 Å². The maximum absolute atomic E-state index is 5.90. The Bertz CT molecular complexity index is 612. The lowest BCUT2D eigenvalue weighted by atomic mass is 10.0. The van der Waals surface area contributed by atoms with Crippen molar-refractivity contribution < 1.29 is 0 Å². The zero-order valence-electron chi connectivity index (χ0n) is 9.69. The molecule has 3 rings (SSSR count). The summed E-state index contributed by atoms with van der Waals surface area (Å²) in [6.45, 7) is 0. The molecule has 0 amide bonds. The van der Waals surface area contributed by atoms with E-state index < -0.39 is 0 Å². The third-order valence-electron chi connectivity index (χ3n) is 2.89. The highest BCUT2D eigenvalue weighted by molar-refractivity contribution is 5.32. The molecule has 3 N–H and O–H groups in total. The number of nitrogens with two attached hydrogens (primary N) is 1. The molecule has 2 heterocycles. The van der Waals surface area contributed by atoms with Crippen LogP contribution in [-0.4, -0.2) is 19.5 Å². The number of rotatable bonds is 3. The van der Waals surface area contributed by atoms with Crippen molar-refractivity contribution in [3.8, 4) is 0 Å². The second kappa shape index (κ2) is 4.37. The second-order valence-corrected chi connectivity index (χ2v) is 4.00. The molecular formula is C13H13N5. The topological polar surface area (TPSA) is 72.5 Å². The van der Waals surface area contributed by atoms with Crippen molar-refractivity contribution in [2.45, 2.75) is 6.04 Å². The predicted molar refractivity (Wildman–Crippen MR) is 68.9 cm³/mol. The lowest BCUT2D eigenvalue weighted by molar-refractivity contribution is 0.671. The Balaban J connectivity index is 2.14. The second-order valence-electron chi connectivity index (χ2n) is 4.00. The van der Waals surface area contributed by atoms with Gasteiger partial charge in [-0.15, -0.1) is 0 Å². The first kappa shape index (κ1) is 10.6. The highest BCUT2D eigenvalue weighted by Gasteiger charge is 2.19. The largest absolute Gasteiger partial charge is 0.369 e. The summed E-state index contributed by atoms with van der Waals surface area (Å²) in [5.74, 6) is 0.479. The van der Waals surface area contributed by atoms with Crippen molar-refractivity contribution in [1.82, 2.24) is 19.5 Å². The van der Waals surface area contributed by atoms with Gasteiger partial charge < -0.3 is 15.3 Å². The van der Waals surface area contributed by atoms with E-state index >= 15 is 0 Å². The highest BCUT2D eigenvalue weighted by atomic mass is 15.2. The molecule has 0 aliphatic heterocycles. The Kier molecular flexibility index (Phi) is 2.57. The van der Waals surface area contributed by atoms with Gasteiger partial charge in [-0.3, -0.25) is 0 Å². The summed E-state index contributed by atoms with van der Waals surface area (Å²) < 4.78 is 1.91. The van der Waals surface area contributed by atoms with E-state index in [0.717, 1.165) is 11.3 Å². The fraction of sp³-hybridized carbons (Fsp3) is 0.0769. The number of imidazole rings is 2. The first-order chi connectivity index (χ1) is 8.86. The molecule has 0 spiro atoms. The van der Waals surface area contributed by atoms with Crippen molar-refractivity contribution in [2.75, 3.05) is 5.73 Å². The van der Waals surface area contributed by atoms with E-state index in [1.165, 1.54) is 0 Å². The maximum Gasteiger partial charge on any atom is 0.201 e. The number of aromatic amines is 1. The van der Waals surface area contributed by atoms with Crippen LogP contribution in [-0.2, 0) is 0 Å². The van der Waals surface area contributed by atoms with Crippen LogP contribution in [0.15, 0.2) is 55.2 Å². The van der Waals surface area contributed by atoms with E-state index in [1.54, 1.807) is 12.5 Å². The van der Waals surface area contributed by atoms with Crippen LogP contribution in [0.1, 0.15) is 17.3 Å². The third-order valence-corrected chi connectivity index (χ3v) is 2.89. The summed E-state index contributed by atoms with van der Waals surface area (Å²) in [7, 11) is 0. The van der Waals surface area contributed by atoms with Crippen LogP contribution in [0.25, 0.3) is 0 Å². The van der Waals surface area contributed by atoms with Crippen LogP contribution in [0.3, 0.4) is 0 Å². The molecule has 1 atom stereocenters. The Labute approximate surface area is 104 Å². The lowest BCUT2D eigenvalue weighted by Crippen LogP contribution is -2.14. The van der Waals surface area contributed by atoms with Gasteiger partial charge in [0.25, 0.3) is 0 Å². The number of benzene rings is 1. The first-order valence-corrected chi connectivity index (χ1v) is 5.68. The molecule has 0 bridgehead atoms. The number of nitrogen functional groups attached to an aromatic ring is 1. The maximum atomic E-state index is 5.90. The summed E-state index contributed by atoms with van der Waals surface area (Å²) in [6, 6.07) is 10.0. The van der Waals surface area contributed by atoms with Crippen LogP contribution >= 0.6 is 0 Å². The van der Waals surface area contributed by atoms with Crippen molar-refractivity contribution in [3.63, 3.8) is 0 Å². The van der Waals surface area contributed by atoms with E-state index in [-0.39, 0.29) is 6.04 Å². The third kappa shape index (κ3) is 1.75. The number of nitrogens with zero attached hydrogens (tertiary/aromatic N) is 3. The first-order valence-electron chi connectivity index (χ1n) is 5.68. The van der Waals surface area contributed by atoms with Gasteiger partial charge in [0.15, 0.2) is 0 Å². The van der Waals surface area contributed by atoms with Crippen LogP contribution in [0.4, 0.5) is 5.95 Å². The lowest BCUT2D eigenvalue weighted by Gasteiger charge is -2.18. The van der Waals surface area contributed by atoms with Crippen LogP contribution in [0.2, 0.25) is 0 Å². The van der Waals surface area contributed by atoms with E-state index in [2.05, 4.69) is 27.1 Å². The van der Waals surface area contributed by atoms with E-state index in [1.807, 2.05) is 35.2 Å². The van der Waals surface area contributed by atoms with Gasteiger partial charge in [-0.1, -0.05) is 30.3 Å². The fourth-order valence-electron chi connectivity index (χ4n) is 2.07. The zero-order valence-corrected chi connectivity index (χ0v) is 9.69. The number of nitrogens with one attached hydrogen (secondary N) is 1. The molecule has 3 aromatic rings. The molecule has 1 aromatic carbocycles. The average Bonchev–Trinajstić information content (AvgIpc) is 3.05. The summed E-state index contributed by atoms with van der Waals surface area (Å²) in [5.41, 5.74) is 7.93. The summed E-state index contributed by atoms with van der Waals surface area (Å²) in [5, 5.41) is 0. The van der Waals surface area contributed by atoms with E-state index in [9.17, 15) is 0 Å². The molecule has 2 aromatic heterocycles. The van der Waals surface area contributed by atoms with Gasteiger partial charge in [-0.2, -0.15) is 0 Å². The molecule has 0 aliphatic rings. The molecule has 0 fully saturated rings. The predicted octanol–water partition coefficient (Wildman–Crippen LogP) is 1.83. The molecule has 0 radical (unpaired) electrons. The van der Waals surface area contributed by atoms with Crippen molar-refractivity contribution in [2.24, 2.45) is 0 Å². The van der Waals surface area contributed by atoms with Crippen molar-refractivity contribution in [1.29, 1.82) is 0 Å².